The molecule has 1 aliphatic heterocycles. The van der Waals surface area contributed by atoms with Crippen LogP contribution in [0, 0.1) is 0 Å². The Bertz CT molecular complexity index is 350. The molecule has 0 radical (unpaired) electrons. The lowest BCUT2D eigenvalue weighted by molar-refractivity contribution is -0.141. The number of carboxylic acids is 1. The van der Waals surface area contributed by atoms with E-state index in [0.717, 1.165) is 10.3 Å². The highest BCUT2D eigenvalue weighted by Gasteiger charge is 2.27. The van der Waals surface area contributed by atoms with E-state index in [1.165, 1.54) is 4.68 Å². The SMILES string of the molecule is O=C(O)C1CCNc2c(Br)cnn21. The summed E-state index contributed by atoms with van der Waals surface area (Å²) < 4.78 is 2.30. The summed E-state index contributed by atoms with van der Waals surface area (Å²) in [7, 11) is 0. The summed E-state index contributed by atoms with van der Waals surface area (Å²) in [6.07, 6.45) is 2.17. The van der Waals surface area contributed by atoms with E-state index < -0.39 is 12.0 Å². The van der Waals surface area contributed by atoms with Gasteiger partial charge in [-0.2, -0.15) is 5.10 Å². The minimum Gasteiger partial charge on any atom is -0.480 e. The molecule has 13 heavy (non-hydrogen) atoms. The standard InChI is InChI=1S/C7H8BrN3O2/c8-4-3-10-11-5(7(12)13)1-2-9-6(4)11/h3,5,9H,1-2H2,(H,12,13). The van der Waals surface area contributed by atoms with Crippen LogP contribution < -0.4 is 5.32 Å². The van der Waals surface area contributed by atoms with Crippen LogP contribution in [0.15, 0.2) is 10.7 Å². The third-order valence-corrected chi connectivity index (χ3v) is 2.62. The normalized spacial score (nSPS) is 20.5. The van der Waals surface area contributed by atoms with E-state index in [1.54, 1.807) is 6.20 Å². The van der Waals surface area contributed by atoms with Crippen LogP contribution in [0.3, 0.4) is 0 Å². The zero-order valence-corrected chi connectivity index (χ0v) is 8.28. The fraction of sp³-hybridized carbons (Fsp3) is 0.429. The van der Waals surface area contributed by atoms with Crippen molar-refractivity contribution in [1.29, 1.82) is 0 Å². The average molecular weight is 246 g/mol. The maximum absolute atomic E-state index is 10.8. The van der Waals surface area contributed by atoms with Gasteiger partial charge in [-0.1, -0.05) is 0 Å². The minimum atomic E-state index is -0.835. The fourth-order valence-corrected chi connectivity index (χ4v) is 1.83. The summed E-state index contributed by atoms with van der Waals surface area (Å²) in [5, 5.41) is 16.0. The Hall–Kier alpha value is -1.04. The third kappa shape index (κ3) is 1.31. The van der Waals surface area contributed by atoms with Crippen molar-refractivity contribution >= 4 is 27.7 Å². The number of aliphatic carboxylic acids is 1. The second-order valence-corrected chi connectivity index (χ2v) is 3.71. The molecule has 2 rings (SSSR count). The van der Waals surface area contributed by atoms with Crippen molar-refractivity contribution in [3.63, 3.8) is 0 Å². The van der Waals surface area contributed by atoms with Crippen molar-refractivity contribution in [3.05, 3.63) is 10.7 Å². The average Bonchev–Trinajstić information content (AvgIpc) is 2.48. The Morgan fingerprint density at radius 2 is 2.62 bits per heavy atom. The molecule has 0 amide bonds. The molecule has 2 N–H and O–H groups in total. The van der Waals surface area contributed by atoms with Gasteiger partial charge in [0.05, 0.1) is 10.7 Å². The number of carboxylic acid groups (broad SMARTS) is 1. The summed E-state index contributed by atoms with van der Waals surface area (Å²) in [6, 6.07) is -0.539. The summed E-state index contributed by atoms with van der Waals surface area (Å²) in [6.45, 7) is 0.668. The van der Waals surface area contributed by atoms with Gasteiger partial charge in [-0.15, -0.1) is 0 Å². The zero-order valence-electron chi connectivity index (χ0n) is 6.70. The van der Waals surface area contributed by atoms with E-state index >= 15 is 0 Å². The number of halogens is 1. The molecule has 0 saturated heterocycles. The second-order valence-electron chi connectivity index (χ2n) is 2.86. The molecule has 1 aromatic heterocycles. The molecule has 1 unspecified atom stereocenters. The van der Waals surface area contributed by atoms with Crippen LogP contribution in [-0.2, 0) is 4.79 Å². The van der Waals surface area contributed by atoms with Crippen LogP contribution in [-0.4, -0.2) is 27.4 Å². The topological polar surface area (TPSA) is 67.2 Å². The Balaban J connectivity index is 2.43. The first-order valence-electron chi connectivity index (χ1n) is 3.90. The predicted molar refractivity (Wildman–Crippen MR) is 49.7 cm³/mol. The largest absolute Gasteiger partial charge is 0.480 e. The van der Waals surface area contributed by atoms with E-state index in [9.17, 15) is 4.79 Å². The number of carbonyl (C=O) groups is 1. The van der Waals surface area contributed by atoms with E-state index in [4.69, 9.17) is 5.11 Å². The molecule has 0 aromatic carbocycles. The highest BCUT2D eigenvalue weighted by molar-refractivity contribution is 9.10. The molecule has 5 nitrogen and oxygen atoms in total. The number of rotatable bonds is 1. The van der Waals surface area contributed by atoms with Crippen molar-refractivity contribution in [2.75, 3.05) is 11.9 Å². The molecule has 0 aliphatic carbocycles. The van der Waals surface area contributed by atoms with Gasteiger partial charge in [0.15, 0.2) is 6.04 Å². The Kier molecular flexibility index (Phi) is 1.99. The van der Waals surface area contributed by atoms with Gasteiger partial charge in [0, 0.05) is 6.54 Å². The van der Waals surface area contributed by atoms with Gasteiger partial charge in [-0.25, -0.2) is 9.48 Å². The van der Waals surface area contributed by atoms with Crippen LogP contribution in [0.2, 0.25) is 0 Å². The summed E-state index contributed by atoms with van der Waals surface area (Å²) in [5.74, 6) is -0.0861. The molecule has 2 heterocycles. The lowest BCUT2D eigenvalue weighted by Gasteiger charge is -2.22. The third-order valence-electron chi connectivity index (χ3n) is 2.04. The number of hydrogen-bond donors (Lipinski definition) is 2. The Morgan fingerprint density at radius 3 is 3.31 bits per heavy atom. The van der Waals surface area contributed by atoms with Gasteiger partial charge >= 0.3 is 5.97 Å². The van der Waals surface area contributed by atoms with Crippen LogP contribution in [0.4, 0.5) is 5.82 Å². The lowest BCUT2D eigenvalue weighted by Crippen LogP contribution is -2.29. The number of fused-ring (bicyclic) bond motifs is 1. The van der Waals surface area contributed by atoms with Gasteiger partial charge in [-0.05, 0) is 22.4 Å². The quantitative estimate of drug-likeness (QED) is 0.778. The van der Waals surface area contributed by atoms with E-state index in [0.29, 0.717) is 13.0 Å². The number of nitrogens with zero attached hydrogens (tertiary/aromatic N) is 2. The molecule has 1 atom stereocenters. The van der Waals surface area contributed by atoms with Gasteiger partial charge < -0.3 is 10.4 Å². The molecule has 0 fully saturated rings. The molecule has 0 saturated carbocycles. The summed E-state index contributed by atoms with van der Waals surface area (Å²) in [4.78, 5) is 10.8. The molecule has 0 bridgehead atoms. The molecule has 1 aliphatic rings. The monoisotopic (exact) mass is 245 g/mol. The van der Waals surface area contributed by atoms with Gasteiger partial charge in [0.2, 0.25) is 0 Å². The van der Waals surface area contributed by atoms with Crippen molar-refractivity contribution < 1.29 is 9.90 Å². The van der Waals surface area contributed by atoms with Crippen LogP contribution >= 0.6 is 15.9 Å². The van der Waals surface area contributed by atoms with Gasteiger partial charge in [0.25, 0.3) is 0 Å². The van der Waals surface area contributed by atoms with Crippen molar-refractivity contribution in [3.8, 4) is 0 Å². The first-order valence-corrected chi connectivity index (χ1v) is 4.69. The molecular formula is C7H8BrN3O2. The maximum atomic E-state index is 10.8. The summed E-state index contributed by atoms with van der Waals surface area (Å²) >= 11 is 3.29. The molecular weight excluding hydrogens is 238 g/mol. The van der Waals surface area contributed by atoms with Gasteiger partial charge in [-0.3, -0.25) is 0 Å². The number of hydrogen-bond acceptors (Lipinski definition) is 3. The maximum Gasteiger partial charge on any atom is 0.328 e. The minimum absolute atomic E-state index is 0.539. The van der Waals surface area contributed by atoms with E-state index in [1.807, 2.05) is 0 Å². The number of aromatic nitrogens is 2. The van der Waals surface area contributed by atoms with Crippen LogP contribution in [0.25, 0.3) is 0 Å². The fourth-order valence-electron chi connectivity index (χ4n) is 1.42. The lowest BCUT2D eigenvalue weighted by atomic mass is 10.2. The number of anilines is 1. The number of nitrogens with one attached hydrogen (secondary N) is 1. The van der Waals surface area contributed by atoms with Crippen molar-refractivity contribution in [2.24, 2.45) is 0 Å². The van der Waals surface area contributed by atoms with Crippen LogP contribution in [0.1, 0.15) is 12.5 Å². The Morgan fingerprint density at radius 1 is 1.85 bits per heavy atom. The zero-order chi connectivity index (χ0) is 9.42. The smallest absolute Gasteiger partial charge is 0.328 e. The van der Waals surface area contributed by atoms with E-state index in [-0.39, 0.29) is 0 Å². The molecule has 0 spiro atoms. The Labute approximate surface area is 82.9 Å². The summed E-state index contributed by atoms with van der Waals surface area (Å²) in [5.41, 5.74) is 0. The van der Waals surface area contributed by atoms with Gasteiger partial charge in [0.1, 0.15) is 5.82 Å². The molecule has 1 aromatic rings. The first-order chi connectivity index (χ1) is 6.20. The van der Waals surface area contributed by atoms with Crippen molar-refractivity contribution in [1.82, 2.24) is 9.78 Å². The highest BCUT2D eigenvalue weighted by Crippen LogP contribution is 2.29. The van der Waals surface area contributed by atoms with Crippen LogP contribution in [0.5, 0.6) is 0 Å². The van der Waals surface area contributed by atoms with Crippen molar-refractivity contribution in [2.45, 2.75) is 12.5 Å². The molecule has 6 heteroatoms. The first kappa shape index (κ1) is 8.55. The van der Waals surface area contributed by atoms with E-state index in [2.05, 4.69) is 26.3 Å². The highest BCUT2D eigenvalue weighted by atomic mass is 79.9. The molecule has 70 valence electrons. The predicted octanol–water partition coefficient (Wildman–Crippen LogP) is 1.09. The second kappa shape index (κ2) is 3.02.